The Labute approximate surface area is 138 Å². The van der Waals surface area contributed by atoms with Crippen molar-refractivity contribution in [3.05, 3.63) is 12.2 Å². The normalized spacial score (nSPS) is 24.6. The van der Waals surface area contributed by atoms with Crippen LogP contribution in [-0.4, -0.2) is 40.8 Å². The van der Waals surface area contributed by atoms with Gasteiger partial charge >= 0.3 is 5.97 Å². The van der Waals surface area contributed by atoms with E-state index in [1.54, 1.807) is 6.08 Å². The van der Waals surface area contributed by atoms with Crippen molar-refractivity contribution < 1.29 is 19.8 Å². The molecule has 23 heavy (non-hydrogen) atoms. The lowest BCUT2D eigenvalue weighted by Gasteiger charge is -2.31. The monoisotopic (exact) mass is 326 g/mol. The highest BCUT2D eigenvalue weighted by Gasteiger charge is 2.34. The van der Waals surface area contributed by atoms with Gasteiger partial charge in [-0.1, -0.05) is 39.3 Å². The molecule has 1 fully saturated rings. The second-order valence-corrected chi connectivity index (χ2v) is 7.45. The Morgan fingerprint density at radius 2 is 2.00 bits per heavy atom. The minimum Gasteiger partial charge on any atom is -0.481 e. The fraction of sp³-hybridized carbons (Fsp3) is 0.765. The molecule has 4 atom stereocenters. The van der Waals surface area contributed by atoms with E-state index in [0.29, 0.717) is 11.8 Å². The molecular formula is C17H30N2O4. The summed E-state index contributed by atoms with van der Waals surface area (Å²) in [7, 11) is 0. The van der Waals surface area contributed by atoms with Crippen LogP contribution < -0.4 is 11.1 Å². The fourth-order valence-corrected chi connectivity index (χ4v) is 3.30. The van der Waals surface area contributed by atoms with Gasteiger partial charge in [0.2, 0.25) is 5.91 Å². The first-order valence-corrected chi connectivity index (χ1v) is 8.22. The average Bonchev–Trinajstić information content (AvgIpc) is 2.90. The van der Waals surface area contributed by atoms with Gasteiger partial charge in [-0.15, -0.1) is 0 Å². The van der Waals surface area contributed by atoms with E-state index in [-0.39, 0.29) is 12.0 Å². The molecule has 0 aliphatic heterocycles. The smallest absolute Gasteiger partial charge is 0.305 e. The first kappa shape index (κ1) is 19.6. The van der Waals surface area contributed by atoms with Crippen LogP contribution in [-0.2, 0) is 9.59 Å². The number of nitrogens with two attached hydrogens (primary N) is 1. The maximum absolute atomic E-state index is 11.8. The molecule has 0 aromatic rings. The number of amides is 1. The van der Waals surface area contributed by atoms with E-state index in [9.17, 15) is 14.7 Å². The second kappa shape index (κ2) is 8.45. The highest BCUT2D eigenvalue weighted by molar-refractivity contribution is 5.86. The van der Waals surface area contributed by atoms with Crippen LogP contribution in [0.15, 0.2) is 12.2 Å². The van der Waals surface area contributed by atoms with Gasteiger partial charge in [0.1, 0.15) is 0 Å². The van der Waals surface area contributed by atoms with Gasteiger partial charge in [-0.3, -0.25) is 9.59 Å². The number of aliphatic hydroxyl groups is 1. The van der Waals surface area contributed by atoms with Crippen LogP contribution in [0.2, 0.25) is 0 Å². The average molecular weight is 326 g/mol. The van der Waals surface area contributed by atoms with Crippen LogP contribution in [0.5, 0.6) is 0 Å². The molecule has 1 aliphatic carbocycles. The number of nitrogens with one attached hydrogen (secondary N) is 1. The second-order valence-electron chi connectivity index (χ2n) is 7.45. The van der Waals surface area contributed by atoms with Crippen LogP contribution in [0.3, 0.4) is 0 Å². The Bertz CT molecular complexity index is 442. The van der Waals surface area contributed by atoms with Gasteiger partial charge in [0, 0.05) is 0 Å². The van der Waals surface area contributed by atoms with Gasteiger partial charge in [0.15, 0.2) is 0 Å². The first-order valence-electron chi connectivity index (χ1n) is 8.22. The largest absolute Gasteiger partial charge is 0.481 e. The van der Waals surface area contributed by atoms with Crippen molar-refractivity contribution in [2.24, 2.45) is 23.0 Å². The van der Waals surface area contributed by atoms with E-state index in [1.165, 1.54) is 12.8 Å². The molecule has 0 aromatic carbocycles. The lowest BCUT2D eigenvalue weighted by atomic mass is 9.74. The lowest BCUT2D eigenvalue weighted by molar-refractivity contribution is -0.139. The maximum Gasteiger partial charge on any atom is 0.305 e. The molecule has 6 heteroatoms. The number of aliphatic hydroxyl groups excluding tert-OH is 1. The zero-order valence-electron chi connectivity index (χ0n) is 14.3. The van der Waals surface area contributed by atoms with Crippen molar-refractivity contribution in [1.82, 2.24) is 5.32 Å². The number of carboxylic acids is 1. The molecule has 3 unspecified atom stereocenters. The number of carbonyl (C=O) groups excluding carboxylic acids is 1. The molecule has 0 saturated heterocycles. The minimum atomic E-state index is -1.12. The molecule has 1 saturated carbocycles. The van der Waals surface area contributed by atoms with Crippen LogP contribution in [0, 0.1) is 17.3 Å². The molecular weight excluding hydrogens is 296 g/mol. The summed E-state index contributed by atoms with van der Waals surface area (Å²) in [5, 5.41) is 20.7. The third-order valence-corrected chi connectivity index (χ3v) is 4.53. The number of carboxylic acid groups (broad SMARTS) is 1. The summed E-state index contributed by atoms with van der Waals surface area (Å²) in [5.74, 6) is -0.658. The van der Waals surface area contributed by atoms with Crippen molar-refractivity contribution in [2.45, 2.75) is 58.5 Å². The molecule has 1 amide bonds. The zero-order valence-corrected chi connectivity index (χ0v) is 14.3. The zero-order chi connectivity index (χ0) is 17.6. The lowest BCUT2D eigenvalue weighted by Crippen LogP contribution is -2.46. The Balaban J connectivity index is 2.61. The molecule has 0 heterocycles. The summed E-state index contributed by atoms with van der Waals surface area (Å²) in [6.07, 6.45) is 6.95. The predicted octanol–water partition coefficient (Wildman–Crippen LogP) is 1.28. The van der Waals surface area contributed by atoms with Crippen molar-refractivity contribution in [3.8, 4) is 0 Å². The first-order chi connectivity index (χ1) is 10.6. The summed E-state index contributed by atoms with van der Waals surface area (Å²) in [6.45, 7) is 6.47. The van der Waals surface area contributed by atoms with Gasteiger partial charge in [0.25, 0.3) is 0 Å². The maximum atomic E-state index is 11.8. The Kier molecular flexibility index (Phi) is 7.22. The SMILES string of the molecule is CC(C)(C)C1CCCC1C=CC(CO)NC(=O)[C@@H](N)CC(=O)O. The predicted molar refractivity (Wildman–Crippen MR) is 88.7 cm³/mol. The molecule has 0 aromatic heterocycles. The van der Waals surface area contributed by atoms with E-state index < -0.39 is 30.4 Å². The Morgan fingerprint density at radius 1 is 1.35 bits per heavy atom. The van der Waals surface area contributed by atoms with E-state index in [2.05, 4.69) is 32.2 Å². The van der Waals surface area contributed by atoms with Crippen LogP contribution in [0.1, 0.15) is 46.5 Å². The van der Waals surface area contributed by atoms with Crippen LogP contribution in [0.25, 0.3) is 0 Å². The highest BCUT2D eigenvalue weighted by Crippen LogP contribution is 2.43. The van der Waals surface area contributed by atoms with Gasteiger partial charge < -0.3 is 21.3 Å². The number of hydrogen-bond acceptors (Lipinski definition) is 4. The Hall–Kier alpha value is -1.40. The van der Waals surface area contributed by atoms with Crippen LogP contribution >= 0.6 is 0 Å². The molecule has 5 N–H and O–H groups in total. The molecule has 6 nitrogen and oxygen atoms in total. The van der Waals surface area contributed by atoms with Crippen molar-refractivity contribution >= 4 is 11.9 Å². The summed E-state index contributed by atoms with van der Waals surface area (Å²) in [4.78, 5) is 22.4. The third kappa shape index (κ3) is 6.31. The summed E-state index contributed by atoms with van der Waals surface area (Å²) in [5.41, 5.74) is 5.75. The van der Waals surface area contributed by atoms with E-state index in [0.717, 1.165) is 6.42 Å². The van der Waals surface area contributed by atoms with E-state index in [4.69, 9.17) is 10.8 Å². The molecule has 0 spiro atoms. The van der Waals surface area contributed by atoms with Crippen molar-refractivity contribution in [1.29, 1.82) is 0 Å². The number of carbonyl (C=O) groups is 2. The van der Waals surface area contributed by atoms with Crippen molar-refractivity contribution in [3.63, 3.8) is 0 Å². The molecule has 132 valence electrons. The molecule has 0 bridgehead atoms. The third-order valence-electron chi connectivity index (χ3n) is 4.53. The summed E-state index contributed by atoms with van der Waals surface area (Å²) in [6, 6.07) is -1.65. The van der Waals surface area contributed by atoms with Crippen molar-refractivity contribution in [2.75, 3.05) is 6.61 Å². The quantitative estimate of drug-likeness (QED) is 0.527. The molecule has 0 radical (unpaired) electrons. The van der Waals surface area contributed by atoms with Gasteiger partial charge in [-0.25, -0.2) is 0 Å². The summed E-state index contributed by atoms with van der Waals surface area (Å²) >= 11 is 0. The van der Waals surface area contributed by atoms with E-state index in [1.807, 2.05) is 0 Å². The summed E-state index contributed by atoms with van der Waals surface area (Å²) < 4.78 is 0. The molecule has 1 aliphatic rings. The number of hydrogen-bond donors (Lipinski definition) is 4. The topological polar surface area (TPSA) is 113 Å². The minimum absolute atomic E-state index is 0.229. The fourth-order valence-electron chi connectivity index (χ4n) is 3.30. The standard InChI is InChI=1S/C17H30N2O4/c1-17(2,3)13-6-4-5-11(13)7-8-12(10-20)19-16(23)14(18)9-15(21)22/h7-8,11-14,20H,4-6,9-10,18H2,1-3H3,(H,19,23)(H,21,22)/t11?,12?,13?,14-/m0/s1. The number of allylic oxidation sites excluding steroid dienone is 1. The highest BCUT2D eigenvalue weighted by atomic mass is 16.4. The Morgan fingerprint density at radius 3 is 2.52 bits per heavy atom. The molecule has 1 rings (SSSR count). The van der Waals surface area contributed by atoms with E-state index >= 15 is 0 Å². The number of rotatable bonds is 7. The van der Waals surface area contributed by atoms with Crippen LogP contribution in [0.4, 0.5) is 0 Å². The van der Waals surface area contributed by atoms with Gasteiger partial charge in [-0.2, -0.15) is 0 Å². The van der Waals surface area contributed by atoms with Gasteiger partial charge in [-0.05, 0) is 30.1 Å². The number of aliphatic carboxylic acids is 1. The van der Waals surface area contributed by atoms with Gasteiger partial charge in [0.05, 0.1) is 25.1 Å².